The second kappa shape index (κ2) is 5.18. The molecule has 0 amide bonds. The Morgan fingerprint density at radius 1 is 1.53 bits per heavy atom. The molecule has 6 nitrogen and oxygen atoms in total. The molecule has 17 heavy (non-hydrogen) atoms. The van der Waals surface area contributed by atoms with E-state index in [9.17, 15) is 0 Å². The van der Waals surface area contributed by atoms with E-state index in [2.05, 4.69) is 22.2 Å². The summed E-state index contributed by atoms with van der Waals surface area (Å²) in [6.07, 6.45) is 3.61. The van der Waals surface area contributed by atoms with E-state index in [1.807, 2.05) is 0 Å². The van der Waals surface area contributed by atoms with Gasteiger partial charge in [-0.1, -0.05) is 0 Å². The van der Waals surface area contributed by atoms with Gasteiger partial charge in [-0.2, -0.15) is 0 Å². The molecule has 0 radical (unpaired) electrons. The minimum Gasteiger partial charge on any atom is -0.490 e. The zero-order valence-electron chi connectivity index (χ0n) is 10.1. The summed E-state index contributed by atoms with van der Waals surface area (Å²) >= 11 is 0. The standard InChI is InChI=1S/C11H18N4O2/c1-7-5-8(3-4-17-7)15-11-9(16-2)10(12)13-6-14-11/h6-8H,3-5H2,1-2H3,(H3,12,13,14,15). The van der Waals surface area contributed by atoms with E-state index < -0.39 is 0 Å². The normalized spacial score (nSPS) is 24.4. The summed E-state index contributed by atoms with van der Waals surface area (Å²) in [4.78, 5) is 8.06. The van der Waals surface area contributed by atoms with E-state index in [4.69, 9.17) is 15.2 Å². The van der Waals surface area contributed by atoms with Crippen LogP contribution in [-0.2, 0) is 4.74 Å². The topological polar surface area (TPSA) is 82.3 Å². The Bertz CT molecular complexity index is 386. The molecule has 3 N–H and O–H groups in total. The number of nitrogens with zero attached hydrogens (tertiary/aromatic N) is 2. The Morgan fingerprint density at radius 2 is 2.35 bits per heavy atom. The molecule has 6 heteroatoms. The second-order valence-corrected chi connectivity index (χ2v) is 4.19. The Morgan fingerprint density at radius 3 is 3.06 bits per heavy atom. The van der Waals surface area contributed by atoms with Crippen LogP contribution in [0.1, 0.15) is 19.8 Å². The molecule has 2 rings (SSSR count). The van der Waals surface area contributed by atoms with Crippen molar-refractivity contribution >= 4 is 11.6 Å². The molecule has 94 valence electrons. The summed E-state index contributed by atoms with van der Waals surface area (Å²) in [6.45, 7) is 2.83. The van der Waals surface area contributed by atoms with Gasteiger partial charge in [0.2, 0.25) is 5.75 Å². The fraction of sp³-hybridized carbons (Fsp3) is 0.636. The first-order valence-corrected chi connectivity index (χ1v) is 5.73. The number of hydrogen-bond acceptors (Lipinski definition) is 6. The number of hydrogen-bond donors (Lipinski definition) is 2. The van der Waals surface area contributed by atoms with E-state index in [-0.39, 0.29) is 6.10 Å². The van der Waals surface area contributed by atoms with E-state index in [0.717, 1.165) is 19.4 Å². The van der Waals surface area contributed by atoms with Crippen LogP contribution in [0.2, 0.25) is 0 Å². The first-order valence-electron chi connectivity index (χ1n) is 5.73. The van der Waals surface area contributed by atoms with Crippen LogP contribution in [0.4, 0.5) is 11.6 Å². The molecule has 1 saturated heterocycles. The lowest BCUT2D eigenvalue weighted by molar-refractivity contribution is 0.0231. The fourth-order valence-electron chi connectivity index (χ4n) is 2.01. The number of ether oxygens (including phenoxy) is 2. The maximum atomic E-state index is 5.72. The first-order chi connectivity index (χ1) is 8.20. The van der Waals surface area contributed by atoms with Gasteiger partial charge in [-0.3, -0.25) is 0 Å². The van der Waals surface area contributed by atoms with Gasteiger partial charge in [-0.05, 0) is 19.8 Å². The molecule has 0 spiro atoms. The zero-order valence-corrected chi connectivity index (χ0v) is 10.1. The van der Waals surface area contributed by atoms with Crippen LogP contribution in [0.25, 0.3) is 0 Å². The van der Waals surface area contributed by atoms with Gasteiger partial charge in [0.05, 0.1) is 13.2 Å². The van der Waals surface area contributed by atoms with Crippen molar-refractivity contribution in [1.82, 2.24) is 9.97 Å². The first kappa shape index (κ1) is 11.9. The zero-order chi connectivity index (χ0) is 12.3. The Kier molecular flexibility index (Phi) is 3.63. The van der Waals surface area contributed by atoms with Crippen molar-refractivity contribution in [3.63, 3.8) is 0 Å². The van der Waals surface area contributed by atoms with Crippen LogP contribution >= 0.6 is 0 Å². The Balaban J connectivity index is 2.10. The number of nitrogen functional groups attached to an aromatic ring is 1. The molecule has 1 aromatic heterocycles. The van der Waals surface area contributed by atoms with Crippen molar-refractivity contribution in [2.45, 2.75) is 31.9 Å². The molecule has 0 aliphatic carbocycles. The predicted molar refractivity (Wildman–Crippen MR) is 65.1 cm³/mol. The van der Waals surface area contributed by atoms with E-state index in [1.54, 1.807) is 7.11 Å². The third kappa shape index (κ3) is 2.76. The third-order valence-corrected chi connectivity index (χ3v) is 2.86. The van der Waals surface area contributed by atoms with Crippen LogP contribution in [0.5, 0.6) is 5.75 Å². The highest BCUT2D eigenvalue weighted by atomic mass is 16.5. The predicted octanol–water partition coefficient (Wildman–Crippen LogP) is 1.05. The summed E-state index contributed by atoms with van der Waals surface area (Å²) in [6, 6.07) is 0.335. The number of aromatic nitrogens is 2. The smallest absolute Gasteiger partial charge is 0.203 e. The summed E-state index contributed by atoms with van der Waals surface area (Å²) in [5, 5.41) is 3.34. The molecule has 0 bridgehead atoms. The lowest BCUT2D eigenvalue weighted by Crippen LogP contribution is -2.33. The molecule has 0 aromatic carbocycles. The SMILES string of the molecule is COc1c(N)ncnc1NC1CCOC(C)C1. The monoisotopic (exact) mass is 238 g/mol. The van der Waals surface area contributed by atoms with Crippen molar-refractivity contribution < 1.29 is 9.47 Å². The lowest BCUT2D eigenvalue weighted by Gasteiger charge is -2.28. The van der Waals surface area contributed by atoms with Crippen molar-refractivity contribution in [3.8, 4) is 5.75 Å². The van der Waals surface area contributed by atoms with Crippen LogP contribution in [0, 0.1) is 0 Å². The molecule has 2 unspecified atom stereocenters. The summed E-state index contributed by atoms with van der Waals surface area (Å²) < 4.78 is 10.7. The minimum atomic E-state index is 0.270. The van der Waals surface area contributed by atoms with E-state index in [1.165, 1.54) is 6.33 Å². The quantitative estimate of drug-likeness (QED) is 0.819. The second-order valence-electron chi connectivity index (χ2n) is 4.19. The molecule has 1 fully saturated rings. The van der Waals surface area contributed by atoms with Crippen LogP contribution in [0.15, 0.2) is 6.33 Å². The maximum absolute atomic E-state index is 5.72. The number of nitrogens with two attached hydrogens (primary N) is 1. The maximum Gasteiger partial charge on any atom is 0.203 e. The highest BCUT2D eigenvalue weighted by Crippen LogP contribution is 2.28. The van der Waals surface area contributed by atoms with Crippen molar-refractivity contribution in [3.05, 3.63) is 6.33 Å². The highest BCUT2D eigenvalue weighted by molar-refractivity contribution is 5.61. The van der Waals surface area contributed by atoms with Crippen LogP contribution in [-0.4, -0.2) is 35.8 Å². The Hall–Kier alpha value is -1.56. The van der Waals surface area contributed by atoms with Gasteiger partial charge in [0, 0.05) is 12.6 Å². The molecule has 2 atom stereocenters. The molecular weight excluding hydrogens is 220 g/mol. The van der Waals surface area contributed by atoms with Gasteiger partial charge in [0.15, 0.2) is 11.6 Å². The highest BCUT2D eigenvalue weighted by Gasteiger charge is 2.21. The Labute approximate surface area is 101 Å². The van der Waals surface area contributed by atoms with Gasteiger partial charge < -0.3 is 20.5 Å². The number of rotatable bonds is 3. The van der Waals surface area contributed by atoms with Gasteiger partial charge in [-0.25, -0.2) is 9.97 Å². The van der Waals surface area contributed by atoms with Crippen LogP contribution < -0.4 is 15.8 Å². The summed E-state index contributed by atoms with van der Waals surface area (Å²) in [5.41, 5.74) is 5.72. The number of methoxy groups -OCH3 is 1. The molecule has 1 aliphatic heterocycles. The van der Waals surface area contributed by atoms with Gasteiger partial charge >= 0.3 is 0 Å². The largest absolute Gasteiger partial charge is 0.490 e. The third-order valence-electron chi connectivity index (χ3n) is 2.86. The van der Waals surface area contributed by atoms with E-state index in [0.29, 0.717) is 23.4 Å². The lowest BCUT2D eigenvalue weighted by atomic mass is 10.0. The average Bonchev–Trinajstić information content (AvgIpc) is 2.29. The van der Waals surface area contributed by atoms with Crippen molar-refractivity contribution in [1.29, 1.82) is 0 Å². The molecule has 1 aromatic rings. The molecule has 0 saturated carbocycles. The van der Waals surface area contributed by atoms with Gasteiger partial charge in [0.1, 0.15) is 6.33 Å². The fourth-order valence-corrected chi connectivity index (χ4v) is 2.01. The van der Waals surface area contributed by atoms with Crippen LogP contribution in [0.3, 0.4) is 0 Å². The van der Waals surface area contributed by atoms with Crippen molar-refractivity contribution in [2.75, 3.05) is 24.8 Å². The van der Waals surface area contributed by atoms with E-state index >= 15 is 0 Å². The number of anilines is 2. The van der Waals surface area contributed by atoms with Gasteiger partial charge in [0.25, 0.3) is 0 Å². The molecular formula is C11H18N4O2. The number of nitrogens with one attached hydrogen (secondary N) is 1. The molecule has 2 heterocycles. The summed E-state index contributed by atoms with van der Waals surface area (Å²) in [5.74, 6) is 1.51. The van der Waals surface area contributed by atoms with Gasteiger partial charge in [-0.15, -0.1) is 0 Å². The van der Waals surface area contributed by atoms with Crippen molar-refractivity contribution in [2.24, 2.45) is 0 Å². The summed E-state index contributed by atoms with van der Waals surface area (Å²) in [7, 11) is 1.56. The average molecular weight is 238 g/mol. The molecule has 1 aliphatic rings. The minimum absolute atomic E-state index is 0.270.